The third kappa shape index (κ3) is 4.07. The molecule has 0 atom stereocenters. The van der Waals surface area contributed by atoms with Gasteiger partial charge in [-0.3, -0.25) is 4.79 Å². The van der Waals surface area contributed by atoms with Gasteiger partial charge in [0.2, 0.25) is 0 Å². The van der Waals surface area contributed by atoms with E-state index in [4.69, 9.17) is 9.47 Å². The predicted molar refractivity (Wildman–Crippen MR) is 85.5 cm³/mol. The molecule has 0 unspecified atom stereocenters. The van der Waals surface area contributed by atoms with Crippen LogP contribution < -0.4 is 9.47 Å². The van der Waals surface area contributed by atoms with Crippen LogP contribution in [0.5, 0.6) is 11.5 Å². The average molecular weight is 367 g/mol. The highest BCUT2D eigenvalue weighted by molar-refractivity contribution is 9.10. The fourth-order valence-electron chi connectivity index (χ4n) is 1.81. The molecule has 22 heavy (non-hydrogen) atoms. The van der Waals surface area contributed by atoms with Crippen molar-refractivity contribution in [3.63, 3.8) is 0 Å². The van der Waals surface area contributed by atoms with Crippen molar-refractivity contribution in [2.75, 3.05) is 0 Å². The maximum absolute atomic E-state index is 13.6. The Morgan fingerprint density at radius 2 is 1.95 bits per heavy atom. The molecule has 0 fully saturated rings. The smallest absolute Gasteiger partial charge is 0.310 e. The molecule has 2 aromatic carbocycles. The van der Waals surface area contributed by atoms with Crippen molar-refractivity contribution in [2.45, 2.75) is 26.9 Å². The maximum atomic E-state index is 13.6. The molecule has 0 aromatic heterocycles. The van der Waals surface area contributed by atoms with E-state index in [1.54, 1.807) is 38.1 Å². The number of benzene rings is 2. The first-order valence-electron chi connectivity index (χ1n) is 6.88. The number of carbonyl (C=O) groups excluding carboxylic acids is 1. The van der Waals surface area contributed by atoms with Crippen LogP contribution in [0.2, 0.25) is 0 Å². The highest BCUT2D eigenvalue weighted by Crippen LogP contribution is 2.29. The van der Waals surface area contributed by atoms with Gasteiger partial charge in [-0.15, -0.1) is 0 Å². The molecular formula is C17H16BrFO3. The van der Waals surface area contributed by atoms with E-state index in [0.717, 1.165) is 5.56 Å². The minimum Gasteiger partial charge on any atom is -0.487 e. The van der Waals surface area contributed by atoms with E-state index in [2.05, 4.69) is 15.9 Å². The molecule has 0 aliphatic rings. The van der Waals surface area contributed by atoms with Gasteiger partial charge in [0.15, 0.2) is 0 Å². The van der Waals surface area contributed by atoms with E-state index in [-0.39, 0.29) is 18.4 Å². The summed E-state index contributed by atoms with van der Waals surface area (Å²) >= 11 is 3.35. The van der Waals surface area contributed by atoms with Crippen LogP contribution >= 0.6 is 15.9 Å². The Hall–Kier alpha value is -1.88. The summed E-state index contributed by atoms with van der Waals surface area (Å²) in [6, 6.07) is 10.1. The van der Waals surface area contributed by atoms with Crippen molar-refractivity contribution >= 4 is 21.9 Å². The molecule has 0 N–H and O–H groups in total. The zero-order valence-electron chi connectivity index (χ0n) is 12.4. The van der Waals surface area contributed by atoms with Crippen molar-refractivity contribution in [1.82, 2.24) is 0 Å². The minimum absolute atomic E-state index is 0.175. The second kappa shape index (κ2) is 7.40. The van der Waals surface area contributed by atoms with Crippen LogP contribution in [0.25, 0.3) is 0 Å². The normalized spacial score (nSPS) is 10.4. The van der Waals surface area contributed by atoms with E-state index in [9.17, 15) is 9.18 Å². The molecular weight excluding hydrogens is 351 g/mol. The Kier molecular flexibility index (Phi) is 5.55. The number of ether oxygens (including phenoxy) is 2. The average Bonchev–Trinajstić information content (AvgIpc) is 2.50. The van der Waals surface area contributed by atoms with Gasteiger partial charge in [0.1, 0.15) is 23.9 Å². The Morgan fingerprint density at radius 3 is 2.68 bits per heavy atom. The lowest BCUT2D eigenvalue weighted by molar-refractivity contribution is -0.134. The summed E-state index contributed by atoms with van der Waals surface area (Å²) in [6.45, 7) is 3.59. The van der Waals surface area contributed by atoms with Gasteiger partial charge >= 0.3 is 5.97 Å². The van der Waals surface area contributed by atoms with Gasteiger partial charge in [0, 0.05) is 18.1 Å². The minimum atomic E-state index is -0.330. The second-order valence-corrected chi connectivity index (χ2v) is 5.61. The topological polar surface area (TPSA) is 35.5 Å². The van der Waals surface area contributed by atoms with E-state index in [1.165, 1.54) is 6.07 Å². The molecule has 3 nitrogen and oxygen atoms in total. The Bertz CT molecular complexity index is 686. The van der Waals surface area contributed by atoms with Gasteiger partial charge in [-0.2, -0.15) is 0 Å². The van der Waals surface area contributed by atoms with Crippen LogP contribution in [-0.2, 0) is 11.4 Å². The highest BCUT2D eigenvalue weighted by atomic mass is 79.9. The second-order valence-electron chi connectivity index (χ2n) is 4.76. The van der Waals surface area contributed by atoms with Gasteiger partial charge in [-0.25, -0.2) is 4.39 Å². The fraction of sp³-hybridized carbons (Fsp3) is 0.235. The molecule has 0 aliphatic heterocycles. The zero-order valence-corrected chi connectivity index (χ0v) is 13.9. The first-order chi connectivity index (χ1) is 10.5. The van der Waals surface area contributed by atoms with Crippen molar-refractivity contribution < 1.29 is 18.7 Å². The largest absolute Gasteiger partial charge is 0.487 e. The van der Waals surface area contributed by atoms with Gasteiger partial charge in [0.05, 0.1) is 4.47 Å². The molecule has 5 heteroatoms. The maximum Gasteiger partial charge on any atom is 0.310 e. The Morgan fingerprint density at radius 1 is 1.23 bits per heavy atom. The molecule has 0 bridgehead atoms. The SMILES string of the molecule is CCC(=O)Oc1ccccc1COc1cc(F)c(C)cc1Br. The number of halogens is 2. The lowest BCUT2D eigenvalue weighted by atomic mass is 10.2. The number of hydrogen-bond acceptors (Lipinski definition) is 3. The highest BCUT2D eigenvalue weighted by Gasteiger charge is 2.10. The Balaban J connectivity index is 2.15. The summed E-state index contributed by atoms with van der Waals surface area (Å²) < 4.78 is 25.2. The lowest BCUT2D eigenvalue weighted by Gasteiger charge is -2.12. The summed E-state index contributed by atoms with van der Waals surface area (Å²) in [4.78, 5) is 11.4. The number of hydrogen-bond donors (Lipinski definition) is 0. The fourth-order valence-corrected chi connectivity index (χ4v) is 2.38. The van der Waals surface area contributed by atoms with E-state index in [0.29, 0.717) is 28.0 Å². The monoisotopic (exact) mass is 366 g/mol. The molecule has 0 heterocycles. The van der Waals surface area contributed by atoms with Crippen LogP contribution in [-0.4, -0.2) is 5.97 Å². The molecule has 2 rings (SSSR count). The van der Waals surface area contributed by atoms with Gasteiger partial charge in [-0.1, -0.05) is 25.1 Å². The summed E-state index contributed by atoms with van der Waals surface area (Å²) in [7, 11) is 0. The Labute approximate surface area is 137 Å². The van der Waals surface area contributed by atoms with Crippen LogP contribution in [0.3, 0.4) is 0 Å². The number of carbonyl (C=O) groups is 1. The van der Waals surface area contributed by atoms with Gasteiger partial charge < -0.3 is 9.47 Å². The molecule has 0 radical (unpaired) electrons. The van der Waals surface area contributed by atoms with Crippen molar-refractivity contribution in [3.05, 3.63) is 57.8 Å². The summed E-state index contributed by atoms with van der Waals surface area (Å²) in [5.41, 5.74) is 1.26. The first kappa shape index (κ1) is 16.5. The van der Waals surface area contributed by atoms with E-state index in [1.807, 2.05) is 6.07 Å². The van der Waals surface area contributed by atoms with Crippen molar-refractivity contribution in [1.29, 1.82) is 0 Å². The summed E-state index contributed by atoms with van der Waals surface area (Å²) in [6.07, 6.45) is 0.296. The van der Waals surface area contributed by atoms with Gasteiger partial charge in [-0.05, 0) is 40.5 Å². The molecule has 0 spiro atoms. The summed E-state index contributed by atoms with van der Waals surface area (Å²) in [5, 5.41) is 0. The molecule has 0 aliphatic carbocycles. The quantitative estimate of drug-likeness (QED) is 0.563. The molecule has 0 saturated heterocycles. The van der Waals surface area contributed by atoms with E-state index < -0.39 is 0 Å². The van der Waals surface area contributed by atoms with E-state index >= 15 is 0 Å². The number of esters is 1. The molecule has 116 valence electrons. The van der Waals surface area contributed by atoms with Crippen LogP contribution in [0, 0.1) is 12.7 Å². The third-order valence-corrected chi connectivity index (χ3v) is 3.70. The predicted octanol–water partition coefficient (Wildman–Crippen LogP) is 4.79. The molecule has 0 saturated carbocycles. The summed E-state index contributed by atoms with van der Waals surface area (Å²) in [5.74, 6) is 0.219. The van der Waals surface area contributed by atoms with Crippen molar-refractivity contribution in [3.8, 4) is 11.5 Å². The van der Waals surface area contributed by atoms with Crippen LogP contribution in [0.4, 0.5) is 4.39 Å². The van der Waals surface area contributed by atoms with Gasteiger partial charge in [0.25, 0.3) is 0 Å². The standard InChI is InChI=1S/C17H16BrFO3/c1-3-17(20)22-15-7-5-4-6-12(15)10-21-16-9-14(19)11(2)8-13(16)18/h4-9H,3,10H2,1-2H3. The number of rotatable bonds is 5. The number of aryl methyl sites for hydroxylation is 1. The molecule has 0 amide bonds. The van der Waals surface area contributed by atoms with Crippen LogP contribution in [0.15, 0.2) is 40.9 Å². The third-order valence-electron chi connectivity index (χ3n) is 3.08. The zero-order chi connectivity index (χ0) is 16.1. The van der Waals surface area contributed by atoms with Crippen LogP contribution in [0.1, 0.15) is 24.5 Å². The lowest BCUT2D eigenvalue weighted by Crippen LogP contribution is -2.08. The first-order valence-corrected chi connectivity index (χ1v) is 7.67. The number of para-hydroxylation sites is 1. The van der Waals surface area contributed by atoms with Crippen molar-refractivity contribution in [2.24, 2.45) is 0 Å². The molecule has 2 aromatic rings.